The smallest absolute Gasteiger partial charge is 0.550 e. The first kappa shape index (κ1) is 23.3. The Morgan fingerprint density at radius 3 is 2.68 bits per heavy atom. The number of para-hydroxylation sites is 1. The van der Waals surface area contributed by atoms with Crippen molar-refractivity contribution in [2.75, 3.05) is 16.8 Å². The van der Waals surface area contributed by atoms with Gasteiger partial charge in [-0.2, -0.15) is 0 Å². The van der Waals surface area contributed by atoms with Crippen molar-refractivity contribution < 1.29 is 39.5 Å². The number of hydrogen-bond donors (Lipinski definition) is 1. The van der Waals surface area contributed by atoms with Crippen LogP contribution in [0.25, 0.3) is 0 Å². The Morgan fingerprint density at radius 2 is 1.94 bits per heavy atom. The largest absolute Gasteiger partial charge is 1.00 e. The fraction of sp³-hybridized carbons (Fsp3) is 0.280. The minimum absolute atomic E-state index is 0. The number of benzene rings is 2. The van der Waals surface area contributed by atoms with Crippen molar-refractivity contribution in [3.63, 3.8) is 0 Å². The van der Waals surface area contributed by atoms with Gasteiger partial charge in [0.15, 0.2) is 0 Å². The van der Waals surface area contributed by atoms with Crippen molar-refractivity contribution in [1.29, 1.82) is 0 Å². The molecule has 0 atom stereocenters. The fourth-order valence-electron chi connectivity index (χ4n) is 3.99. The van der Waals surface area contributed by atoms with Crippen molar-refractivity contribution >= 4 is 23.2 Å². The van der Waals surface area contributed by atoms with Crippen LogP contribution in [0.2, 0.25) is 0 Å². The second-order valence-corrected chi connectivity index (χ2v) is 7.72. The predicted molar refractivity (Wildman–Crippen MR) is 118 cm³/mol. The van der Waals surface area contributed by atoms with E-state index in [1.54, 1.807) is 0 Å². The molecule has 1 N–H and O–H groups in total. The number of anilines is 3. The summed E-state index contributed by atoms with van der Waals surface area (Å²) in [7, 11) is 0. The summed E-state index contributed by atoms with van der Waals surface area (Å²) < 4.78 is 0. The summed E-state index contributed by atoms with van der Waals surface area (Å²) in [6.07, 6.45) is 2.73. The van der Waals surface area contributed by atoms with E-state index in [1.165, 1.54) is 22.5 Å². The average Bonchev–Trinajstić information content (AvgIpc) is 2.77. The molecule has 0 amide bonds. The Hall–Kier alpha value is -2.34. The number of carbonyl (C=O) groups excluding carboxylic acids is 1. The van der Waals surface area contributed by atoms with E-state index in [0.29, 0.717) is 13.0 Å². The maximum atomic E-state index is 10.7. The summed E-state index contributed by atoms with van der Waals surface area (Å²) in [4.78, 5) is 17.7. The molecule has 1 aliphatic heterocycles. The first-order valence-electron chi connectivity index (χ1n) is 10.4. The van der Waals surface area contributed by atoms with Gasteiger partial charge in [0.05, 0.1) is 0 Å². The van der Waals surface area contributed by atoms with E-state index in [9.17, 15) is 9.90 Å². The SMILES string of the molecule is Cc1nc(NCc2ccc3c(c2)N(c2ccccc2)CCC3)ccc1CCC(=O)[O-].[Na+]. The zero-order chi connectivity index (χ0) is 20.9. The summed E-state index contributed by atoms with van der Waals surface area (Å²) in [6, 6.07) is 21.1. The number of carboxylic acid groups (broad SMARTS) is 1. The van der Waals surface area contributed by atoms with Gasteiger partial charge < -0.3 is 20.1 Å². The van der Waals surface area contributed by atoms with Crippen LogP contribution >= 0.6 is 0 Å². The van der Waals surface area contributed by atoms with E-state index in [1.807, 2.05) is 25.1 Å². The molecule has 6 heteroatoms. The molecule has 0 saturated heterocycles. The molecule has 1 aromatic heterocycles. The van der Waals surface area contributed by atoms with Crippen LogP contribution in [0.4, 0.5) is 17.2 Å². The van der Waals surface area contributed by atoms with Crippen molar-refractivity contribution in [3.05, 3.63) is 83.0 Å². The Morgan fingerprint density at radius 1 is 1.13 bits per heavy atom. The number of aliphatic carboxylic acids is 1. The zero-order valence-corrected chi connectivity index (χ0v) is 20.2. The van der Waals surface area contributed by atoms with Gasteiger partial charge in [0.25, 0.3) is 0 Å². The van der Waals surface area contributed by atoms with Crippen molar-refractivity contribution in [3.8, 4) is 0 Å². The molecule has 2 heterocycles. The van der Waals surface area contributed by atoms with Gasteiger partial charge in [-0.1, -0.05) is 36.4 Å². The molecular weight excluding hydrogens is 397 g/mol. The molecule has 0 fully saturated rings. The maximum absolute atomic E-state index is 10.7. The van der Waals surface area contributed by atoms with E-state index < -0.39 is 5.97 Å². The Kier molecular flexibility index (Phi) is 8.13. The van der Waals surface area contributed by atoms with Gasteiger partial charge in [-0.05, 0) is 73.6 Å². The van der Waals surface area contributed by atoms with Crippen LogP contribution in [0.3, 0.4) is 0 Å². The minimum atomic E-state index is -1.03. The van der Waals surface area contributed by atoms with Crippen molar-refractivity contribution in [2.45, 2.75) is 39.2 Å². The molecule has 5 nitrogen and oxygen atoms in total. The summed E-state index contributed by atoms with van der Waals surface area (Å²) in [5, 5.41) is 14.1. The monoisotopic (exact) mass is 423 g/mol. The fourth-order valence-corrected chi connectivity index (χ4v) is 3.99. The molecule has 0 aliphatic carbocycles. The third kappa shape index (κ3) is 5.88. The van der Waals surface area contributed by atoms with E-state index in [4.69, 9.17) is 0 Å². The van der Waals surface area contributed by atoms with E-state index in [-0.39, 0.29) is 36.0 Å². The van der Waals surface area contributed by atoms with Crippen LogP contribution in [0.15, 0.2) is 60.7 Å². The van der Waals surface area contributed by atoms with Gasteiger partial charge in [-0.3, -0.25) is 0 Å². The number of pyridine rings is 1. The molecule has 154 valence electrons. The number of carboxylic acids is 1. The number of aromatic nitrogens is 1. The normalized spacial score (nSPS) is 12.6. The zero-order valence-electron chi connectivity index (χ0n) is 18.2. The Balaban J connectivity index is 0.00000272. The third-order valence-corrected chi connectivity index (χ3v) is 5.60. The second-order valence-electron chi connectivity index (χ2n) is 7.72. The van der Waals surface area contributed by atoms with E-state index in [0.717, 1.165) is 36.5 Å². The summed E-state index contributed by atoms with van der Waals surface area (Å²) in [5.74, 6) is -0.240. The standard InChI is InChI=1S/C25H27N3O2.Na/c1-18-20(12-14-25(29)30)11-13-24(27-18)26-17-19-9-10-21-6-5-15-28(23(21)16-19)22-7-3-2-4-8-22;/h2-4,7-11,13,16H,5-6,12,14-15,17H2,1H3,(H,26,27)(H,29,30);/q;+1/p-1. The molecule has 0 saturated carbocycles. The number of hydrogen-bond acceptors (Lipinski definition) is 5. The molecule has 3 aromatic rings. The van der Waals surface area contributed by atoms with Gasteiger partial charge >= 0.3 is 29.6 Å². The molecule has 4 rings (SSSR count). The number of nitrogens with zero attached hydrogens (tertiary/aromatic N) is 2. The van der Waals surface area contributed by atoms with E-state index in [2.05, 4.69) is 57.7 Å². The topological polar surface area (TPSA) is 68.3 Å². The third-order valence-electron chi connectivity index (χ3n) is 5.60. The van der Waals surface area contributed by atoms with Crippen LogP contribution in [0.5, 0.6) is 0 Å². The molecular formula is C25H26N3NaO2. The Labute approximate surface area is 205 Å². The molecule has 1 aliphatic rings. The van der Waals surface area contributed by atoms with Crippen LogP contribution in [0, 0.1) is 6.92 Å². The second kappa shape index (κ2) is 10.8. The van der Waals surface area contributed by atoms with Gasteiger partial charge in [0.2, 0.25) is 0 Å². The Bertz CT molecular complexity index is 1040. The van der Waals surface area contributed by atoms with Crippen LogP contribution in [-0.4, -0.2) is 17.5 Å². The molecule has 0 unspecified atom stereocenters. The molecule has 31 heavy (non-hydrogen) atoms. The predicted octanol–water partition coefficient (Wildman–Crippen LogP) is 0.773. The van der Waals surface area contributed by atoms with Gasteiger partial charge in [0.1, 0.15) is 5.82 Å². The van der Waals surface area contributed by atoms with Gasteiger partial charge in [0, 0.05) is 36.1 Å². The molecule has 2 aromatic carbocycles. The summed E-state index contributed by atoms with van der Waals surface area (Å²) in [5.41, 5.74) is 6.90. The van der Waals surface area contributed by atoms with E-state index >= 15 is 0 Å². The minimum Gasteiger partial charge on any atom is -0.550 e. The van der Waals surface area contributed by atoms with Crippen LogP contribution in [0.1, 0.15) is 35.2 Å². The van der Waals surface area contributed by atoms with Gasteiger partial charge in [-0.15, -0.1) is 0 Å². The number of aryl methyl sites for hydroxylation is 3. The number of rotatable bonds is 7. The van der Waals surface area contributed by atoms with Crippen molar-refractivity contribution in [1.82, 2.24) is 4.98 Å². The van der Waals surface area contributed by atoms with Crippen molar-refractivity contribution in [2.24, 2.45) is 0 Å². The summed E-state index contributed by atoms with van der Waals surface area (Å²) >= 11 is 0. The van der Waals surface area contributed by atoms with Crippen LogP contribution < -0.4 is 44.9 Å². The molecule has 0 radical (unpaired) electrons. The average molecular weight is 423 g/mol. The quantitative estimate of drug-likeness (QED) is 0.569. The van der Waals surface area contributed by atoms with Gasteiger partial charge in [-0.25, -0.2) is 4.98 Å². The molecule has 0 bridgehead atoms. The first-order chi connectivity index (χ1) is 14.6. The number of fused-ring (bicyclic) bond motifs is 1. The maximum Gasteiger partial charge on any atom is 1.00 e. The summed E-state index contributed by atoms with van der Waals surface area (Å²) in [6.45, 7) is 3.62. The van der Waals surface area contributed by atoms with Crippen LogP contribution in [-0.2, 0) is 24.2 Å². The first-order valence-corrected chi connectivity index (χ1v) is 10.4. The number of carbonyl (C=O) groups is 1. The molecule has 0 spiro atoms. The number of nitrogens with one attached hydrogen (secondary N) is 1.